The Hall–Kier alpha value is -1.62. The Morgan fingerprint density at radius 2 is 2.11 bits per heavy atom. The second kappa shape index (κ2) is 6.96. The van der Waals surface area contributed by atoms with Crippen molar-refractivity contribution in [1.29, 1.82) is 0 Å². The van der Waals surface area contributed by atoms with Crippen LogP contribution >= 0.6 is 0 Å². The molecule has 0 fully saturated rings. The van der Waals surface area contributed by atoms with Crippen molar-refractivity contribution < 1.29 is 4.79 Å². The minimum atomic E-state index is -0.265. The molecule has 5 heteroatoms. The highest BCUT2D eigenvalue weighted by Gasteiger charge is 2.12. The van der Waals surface area contributed by atoms with Gasteiger partial charge in [0.1, 0.15) is 0 Å². The van der Waals surface area contributed by atoms with Crippen LogP contribution in [0.15, 0.2) is 23.1 Å². The molecular weight excluding hydrogens is 230 g/mol. The molecule has 1 atom stereocenters. The number of nitrogens with zero attached hydrogens (tertiary/aromatic N) is 1. The van der Waals surface area contributed by atoms with Gasteiger partial charge in [-0.3, -0.25) is 9.59 Å². The zero-order chi connectivity index (χ0) is 13.5. The smallest absolute Gasteiger partial charge is 0.251 e. The number of likely N-dealkylation sites (N-methyl/N-ethyl adjacent to an activating group) is 1. The Kier molecular flexibility index (Phi) is 5.58. The van der Waals surface area contributed by atoms with Crippen molar-refractivity contribution in [1.82, 2.24) is 15.2 Å². The maximum atomic E-state index is 11.9. The van der Waals surface area contributed by atoms with E-state index in [1.54, 1.807) is 6.07 Å². The molecule has 0 aromatic carbocycles. The maximum absolute atomic E-state index is 11.9. The number of amides is 1. The SMILES string of the molecule is CCN(CC)CC(C)NC(=O)c1cc[nH]c(=O)c1. The van der Waals surface area contributed by atoms with Gasteiger partial charge in [-0.25, -0.2) is 0 Å². The highest BCUT2D eigenvalue weighted by molar-refractivity contribution is 5.94. The molecular formula is C13H21N3O2. The first-order chi connectivity index (χ1) is 8.56. The van der Waals surface area contributed by atoms with Crippen molar-refractivity contribution in [3.8, 4) is 0 Å². The molecule has 0 aliphatic heterocycles. The minimum absolute atomic E-state index is 0.0525. The van der Waals surface area contributed by atoms with Gasteiger partial charge in [-0.15, -0.1) is 0 Å². The summed E-state index contributed by atoms with van der Waals surface area (Å²) < 4.78 is 0. The molecule has 0 bridgehead atoms. The van der Waals surface area contributed by atoms with Crippen LogP contribution in [-0.2, 0) is 0 Å². The van der Waals surface area contributed by atoms with Crippen LogP contribution in [0.5, 0.6) is 0 Å². The molecule has 0 radical (unpaired) electrons. The molecule has 1 aromatic heterocycles. The van der Waals surface area contributed by atoms with E-state index in [4.69, 9.17) is 0 Å². The van der Waals surface area contributed by atoms with E-state index in [1.165, 1.54) is 12.3 Å². The first kappa shape index (κ1) is 14.4. The zero-order valence-corrected chi connectivity index (χ0v) is 11.2. The fourth-order valence-corrected chi connectivity index (χ4v) is 1.81. The number of pyridine rings is 1. The summed E-state index contributed by atoms with van der Waals surface area (Å²) in [6.45, 7) is 8.87. The number of hydrogen-bond donors (Lipinski definition) is 2. The van der Waals surface area contributed by atoms with Gasteiger partial charge in [0.15, 0.2) is 0 Å². The molecule has 5 nitrogen and oxygen atoms in total. The van der Waals surface area contributed by atoms with E-state index in [2.05, 4.69) is 29.0 Å². The molecule has 1 heterocycles. The van der Waals surface area contributed by atoms with Crippen molar-refractivity contribution in [3.05, 3.63) is 34.2 Å². The Morgan fingerprint density at radius 1 is 1.44 bits per heavy atom. The van der Waals surface area contributed by atoms with Crippen LogP contribution in [0.25, 0.3) is 0 Å². The van der Waals surface area contributed by atoms with Crippen molar-refractivity contribution in [2.45, 2.75) is 26.8 Å². The largest absolute Gasteiger partial charge is 0.348 e. The summed E-state index contributed by atoms with van der Waals surface area (Å²) in [5.74, 6) is -0.208. The molecule has 1 rings (SSSR count). The summed E-state index contributed by atoms with van der Waals surface area (Å²) in [4.78, 5) is 27.7. The average molecular weight is 251 g/mol. The number of rotatable bonds is 6. The van der Waals surface area contributed by atoms with E-state index in [-0.39, 0.29) is 17.5 Å². The van der Waals surface area contributed by atoms with Crippen LogP contribution in [0.2, 0.25) is 0 Å². The van der Waals surface area contributed by atoms with E-state index < -0.39 is 0 Å². The van der Waals surface area contributed by atoms with Crippen LogP contribution < -0.4 is 10.9 Å². The molecule has 100 valence electrons. The third-order valence-electron chi connectivity index (χ3n) is 2.84. The Balaban J connectivity index is 2.57. The molecule has 2 N–H and O–H groups in total. The lowest BCUT2D eigenvalue weighted by Crippen LogP contribution is -2.42. The van der Waals surface area contributed by atoms with Gasteiger partial charge in [0.05, 0.1) is 0 Å². The molecule has 0 aliphatic carbocycles. The molecule has 0 saturated heterocycles. The van der Waals surface area contributed by atoms with Crippen molar-refractivity contribution >= 4 is 5.91 Å². The standard InChI is InChI=1S/C13H21N3O2/c1-4-16(5-2)9-10(3)15-13(18)11-6-7-14-12(17)8-11/h6-8,10H,4-5,9H2,1-3H3,(H,14,17)(H,15,18). The fraction of sp³-hybridized carbons (Fsp3) is 0.538. The van der Waals surface area contributed by atoms with E-state index in [1.807, 2.05) is 6.92 Å². The van der Waals surface area contributed by atoms with Crippen molar-refractivity contribution in [2.24, 2.45) is 0 Å². The second-order valence-electron chi connectivity index (χ2n) is 4.30. The zero-order valence-electron chi connectivity index (χ0n) is 11.2. The van der Waals surface area contributed by atoms with E-state index >= 15 is 0 Å². The van der Waals surface area contributed by atoms with Gasteiger partial charge < -0.3 is 15.2 Å². The third-order valence-corrected chi connectivity index (χ3v) is 2.84. The van der Waals surface area contributed by atoms with Crippen LogP contribution in [0.3, 0.4) is 0 Å². The number of aromatic amines is 1. The van der Waals surface area contributed by atoms with Gasteiger partial charge >= 0.3 is 0 Å². The summed E-state index contributed by atoms with van der Waals surface area (Å²) in [6, 6.07) is 2.96. The topological polar surface area (TPSA) is 65.2 Å². The first-order valence-corrected chi connectivity index (χ1v) is 6.28. The number of carbonyl (C=O) groups is 1. The highest BCUT2D eigenvalue weighted by atomic mass is 16.2. The first-order valence-electron chi connectivity index (χ1n) is 6.28. The second-order valence-corrected chi connectivity index (χ2v) is 4.30. The van der Waals surface area contributed by atoms with E-state index in [0.29, 0.717) is 5.56 Å². The van der Waals surface area contributed by atoms with Gasteiger partial charge in [-0.2, -0.15) is 0 Å². The Morgan fingerprint density at radius 3 is 2.67 bits per heavy atom. The summed E-state index contributed by atoms with van der Waals surface area (Å²) in [7, 11) is 0. The lowest BCUT2D eigenvalue weighted by molar-refractivity contribution is 0.0930. The van der Waals surface area contributed by atoms with Crippen LogP contribution in [0.4, 0.5) is 0 Å². The number of hydrogen-bond acceptors (Lipinski definition) is 3. The van der Waals surface area contributed by atoms with Gasteiger partial charge in [0, 0.05) is 30.4 Å². The number of aromatic nitrogens is 1. The van der Waals surface area contributed by atoms with Gasteiger partial charge in [-0.1, -0.05) is 13.8 Å². The lowest BCUT2D eigenvalue weighted by atomic mass is 10.2. The highest BCUT2D eigenvalue weighted by Crippen LogP contribution is 1.96. The number of H-pyrrole nitrogens is 1. The molecule has 0 saturated carbocycles. The summed E-state index contributed by atoms with van der Waals surface area (Å²) in [6.07, 6.45) is 1.48. The van der Waals surface area contributed by atoms with Crippen LogP contribution in [-0.4, -0.2) is 41.5 Å². The van der Waals surface area contributed by atoms with Gasteiger partial charge in [0.2, 0.25) is 5.56 Å². The molecule has 1 amide bonds. The van der Waals surface area contributed by atoms with Crippen molar-refractivity contribution in [3.63, 3.8) is 0 Å². The molecule has 0 spiro atoms. The molecule has 1 aromatic rings. The van der Waals surface area contributed by atoms with Gasteiger partial charge in [0.25, 0.3) is 5.91 Å². The maximum Gasteiger partial charge on any atom is 0.251 e. The predicted octanol–water partition coefficient (Wildman–Crippen LogP) is 0.835. The number of nitrogens with one attached hydrogen (secondary N) is 2. The Labute approximate surface area is 107 Å². The van der Waals surface area contributed by atoms with Crippen LogP contribution in [0.1, 0.15) is 31.1 Å². The lowest BCUT2D eigenvalue weighted by Gasteiger charge is -2.23. The molecule has 1 unspecified atom stereocenters. The predicted molar refractivity (Wildman–Crippen MR) is 71.8 cm³/mol. The summed E-state index contributed by atoms with van der Waals surface area (Å²) in [5.41, 5.74) is 0.129. The third kappa shape index (κ3) is 4.33. The van der Waals surface area contributed by atoms with Crippen LogP contribution in [0, 0.1) is 0 Å². The van der Waals surface area contributed by atoms with Crippen molar-refractivity contribution in [2.75, 3.05) is 19.6 Å². The normalized spacial score (nSPS) is 12.4. The molecule has 0 aliphatic rings. The quantitative estimate of drug-likeness (QED) is 0.787. The van der Waals surface area contributed by atoms with E-state index in [9.17, 15) is 9.59 Å². The summed E-state index contributed by atoms with van der Waals surface area (Å²) >= 11 is 0. The fourth-order valence-electron chi connectivity index (χ4n) is 1.81. The van der Waals surface area contributed by atoms with Gasteiger partial charge in [-0.05, 0) is 26.1 Å². The molecule has 18 heavy (non-hydrogen) atoms. The minimum Gasteiger partial charge on any atom is -0.348 e. The average Bonchev–Trinajstić information content (AvgIpc) is 2.35. The Bertz CT molecular complexity index is 438. The summed E-state index contributed by atoms with van der Waals surface area (Å²) in [5, 5.41) is 2.89. The van der Waals surface area contributed by atoms with E-state index in [0.717, 1.165) is 19.6 Å². The monoisotopic (exact) mass is 251 g/mol. The number of carbonyl (C=O) groups excluding carboxylic acids is 1.